The van der Waals surface area contributed by atoms with E-state index in [-0.39, 0.29) is 6.03 Å². The van der Waals surface area contributed by atoms with Crippen LogP contribution >= 0.6 is 0 Å². The molecule has 0 saturated heterocycles. The van der Waals surface area contributed by atoms with Crippen LogP contribution in [0.2, 0.25) is 0 Å². The van der Waals surface area contributed by atoms with Gasteiger partial charge in [0.2, 0.25) is 0 Å². The number of fused-ring (bicyclic) bond motifs is 1. The van der Waals surface area contributed by atoms with E-state index in [9.17, 15) is 4.79 Å². The number of carbonyl (C=O) groups is 1. The van der Waals surface area contributed by atoms with Crippen LogP contribution in [0.1, 0.15) is 17.9 Å². The molecule has 0 radical (unpaired) electrons. The zero-order valence-electron chi connectivity index (χ0n) is 14.9. The molecule has 0 aliphatic carbocycles. The zero-order chi connectivity index (χ0) is 17.8. The maximum absolute atomic E-state index is 12.5. The van der Waals surface area contributed by atoms with Gasteiger partial charge in [-0.05, 0) is 25.5 Å². The van der Waals surface area contributed by atoms with Crippen molar-refractivity contribution < 1.29 is 4.79 Å². The maximum Gasteiger partial charge on any atom is 0.321 e. The Morgan fingerprint density at radius 1 is 1.28 bits per heavy atom. The lowest BCUT2D eigenvalue weighted by Crippen LogP contribution is -2.32. The zero-order valence-corrected chi connectivity index (χ0v) is 14.9. The molecular weight excluding hydrogens is 314 g/mol. The molecule has 0 spiro atoms. The van der Waals surface area contributed by atoms with Crippen molar-refractivity contribution in [2.24, 2.45) is 7.05 Å². The normalized spacial score (nSPS) is 10.8. The molecule has 6 heteroatoms. The topological polar surface area (TPSA) is 63.1 Å². The standard InChI is InChI=1S/C19H23N5O/c1-14-9-10-15-6-4-7-16(18(15)21-14)22-19(25)24(3)12-5-8-17-20-11-13-23(17)2/h4,6-7,9-11,13H,5,8,12H2,1-3H3,(H,22,25). The number of nitrogens with zero attached hydrogens (tertiary/aromatic N) is 4. The first-order valence-electron chi connectivity index (χ1n) is 8.39. The molecule has 0 fully saturated rings. The molecule has 0 saturated carbocycles. The molecule has 3 aromatic rings. The number of aromatic nitrogens is 3. The van der Waals surface area contributed by atoms with Gasteiger partial charge in [-0.25, -0.2) is 9.78 Å². The number of amides is 2. The maximum atomic E-state index is 12.5. The number of anilines is 1. The molecule has 2 amide bonds. The second-order valence-corrected chi connectivity index (χ2v) is 6.24. The molecule has 0 bridgehead atoms. The average Bonchev–Trinajstić information content (AvgIpc) is 3.00. The molecule has 3 rings (SSSR count). The SMILES string of the molecule is Cc1ccc2cccc(NC(=O)N(C)CCCc3nccn3C)c2n1. The van der Waals surface area contributed by atoms with Crippen LogP contribution in [-0.4, -0.2) is 39.1 Å². The number of hydrogen-bond acceptors (Lipinski definition) is 3. The molecular formula is C19H23N5O. The van der Waals surface area contributed by atoms with Gasteiger partial charge in [0, 0.05) is 50.5 Å². The minimum atomic E-state index is -0.129. The third-order valence-electron chi connectivity index (χ3n) is 4.26. The highest BCUT2D eigenvalue weighted by Gasteiger charge is 2.11. The number of urea groups is 1. The molecule has 2 aromatic heterocycles. The van der Waals surface area contributed by atoms with Gasteiger partial charge in [-0.2, -0.15) is 0 Å². The number of benzene rings is 1. The van der Waals surface area contributed by atoms with Crippen molar-refractivity contribution in [2.45, 2.75) is 19.8 Å². The lowest BCUT2D eigenvalue weighted by molar-refractivity contribution is 0.222. The van der Waals surface area contributed by atoms with E-state index in [1.165, 1.54) is 0 Å². The van der Waals surface area contributed by atoms with E-state index >= 15 is 0 Å². The van der Waals surface area contributed by atoms with Gasteiger partial charge in [0.1, 0.15) is 5.82 Å². The molecule has 1 aromatic carbocycles. The summed E-state index contributed by atoms with van der Waals surface area (Å²) in [5.41, 5.74) is 2.48. The van der Waals surface area contributed by atoms with E-state index in [1.807, 2.05) is 55.1 Å². The fraction of sp³-hybridized carbons (Fsp3) is 0.316. The van der Waals surface area contributed by atoms with Gasteiger partial charge in [-0.15, -0.1) is 0 Å². The van der Waals surface area contributed by atoms with E-state index in [1.54, 1.807) is 18.1 Å². The predicted molar refractivity (Wildman–Crippen MR) is 99.7 cm³/mol. The number of hydrogen-bond donors (Lipinski definition) is 1. The molecule has 6 nitrogen and oxygen atoms in total. The fourth-order valence-corrected chi connectivity index (χ4v) is 2.77. The van der Waals surface area contributed by atoms with Crippen molar-refractivity contribution in [3.05, 3.63) is 54.2 Å². The van der Waals surface area contributed by atoms with Gasteiger partial charge in [-0.3, -0.25) is 4.98 Å². The Labute approximate surface area is 147 Å². The van der Waals surface area contributed by atoms with Gasteiger partial charge < -0.3 is 14.8 Å². The Kier molecular flexibility index (Phi) is 4.97. The summed E-state index contributed by atoms with van der Waals surface area (Å²) in [4.78, 5) is 23.0. The van der Waals surface area contributed by atoms with Crippen LogP contribution in [-0.2, 0) is 13.5 Å². The summed E-state index contributed by atoms with van der Waals surface area (Å²) >= 11 is 0. The van der Waals surface area contributed by atoms with Gasteiger partial charge >= 0.3 is 6.03 Å². The fourth-order valence-electron chi connectivity index (χ4n) is 2.77. The van der Waals surface area contributed by atoms with E-state index in [0.29, 0.717) is 6.54 Å². The summed E-state index contributed by atoms with van der Waals surface area (Å²) in [7, 11) is 3.78. The summed E-state index contributed by atoms with van der Waals surface area (Å²) in [5.74, 6) is 1.03. The number of nitrogens with one attached hydrogen (secondary N) is 1. The first kappa shape index (κ1) is 17.0. The Bertz CT molecular complexity index is 886. The molecule has 0 aliphatic heterocycles. The van der Waals surface area contributed by atoms with Gasteiger partial charge in [-0.1, -0.05) is 18.2 Å². The van der Waals surface area contributed by atoms with Crippen LogP contribution in [0.4, 0.5) is 10.5 Å². The van der Waals surface area contributed by atoms with E-state index in [0.717, 1.165) is 41.0 Å². The largest absolute Gasteiger partial charge is 0.338 e. The summed E-state index contributed by atoms with van der Waals surface area (Å²) < 4.78 is 2.00. The Morgan fingerprint density at radius 3 is 2.88 bits per heavy atom. The summed E-state index contributed by atoms with van der Waals surface area (Å²) in [5, 5.41) is 3.99. The van der Waals surface area contributed by atoms with Gasteiger partial charge in [0.25, 0.3) is 0 Å². The minimum Gasteiger partial charge on any atom is -0.338 e. The Morgan fingerprint density at radius 2 is 2.12 bits per heavy atom. The summed E-state index contributed by atoms with van der Waals surface area (Å²) in [6.45, 7) is 2.61. The van der Waals surface area contributed by atoms with Gasteiger partial charge in [0.15, 0.2) is 0 Å². The average molecular weight is 337 g/mol. The second kappa shape index (κ2) is 7.34. The van der Waals surface area contributed by atoms with Crippen LogP contribution in [0.15, 0.2) is 42.7 Å². The van der Waals surface area contributed by atoms with Crippen molar-refractivity contribution in [1.29, 1.82) is 0 Å². The van der Waals surface area contributed by atoms with Crippen LogP contribution in [0.3, 0.4) is 0 Å². The van der Waals surface area contributed by atoms with Gasteiger partial charge in [0.05, 0.1) is 11.2 Å². The second-order valence-electron chi connectivity index (χ2n) is 6.24. The van der Waals surface area contributed by atoms with E-state index < -0.39 is 0 Å². The number of para-hydroxylation sites is 1. The van der Waals surface area contributed by atoms with E-state index in [4.69, 9.17) is 0 Å². The number of rotatable bonds is 5. The molecule has 1 N–H and O–H groups in total. The quantitative estimate of drug-likeness (QED) is 0.776. The lowest BCUT2D eigenvalue weighted by Gasteiger charge is -2.18. The first-order valence-corrected chi connectivity index (χ1v) is 8.39. The highest BCUT2D eigenvalue weighted by Crippen LogP contribution is 2.22. The summed E-state index contributed by atoms with van der Waals surface area (Å²) in [6, 6.07) is 9.66. The predicted octanol–water partition coefficient (Wildman–Crippen LogP) is 3.37. The smallest absolute Gasteiger partial charge is 0.321 e. The third-order valence-corrected chi connectivity index (χ3v) is 4.26. The Balaban J connectivity index is 1.62. The van der Waals surface area contributed by atoms with Crippen molar-refractivity contribution in [3.8, 4) is 0 Å². The monoisotopic (exact) mass is 337 g/mol. The highest BCUT2D eigenvalue weighted by molar-refractivity contribution is 5.99. The molecule has 2 heterocycles. The first-order chi connectivity index (χ1) is 12.0. The molecule has 0 unspecified atom stereocenters. The lowest BCUT2D eigenvalue weighted by atomic mass is 10.2. The number of carbonyl (C=O) groups excluding carboxylic acids is 1. The summed E-state index contributed by atoms with van der Waals surface area (Å²) in [6.07, 6.45) is 5.43. The van der Waals surface area contributed by atoms with Crippen molar-refractivity contribution in [1.82, 2.24) is 19.4 Å². The third kappa shape index (κ3) is 3.96. The van der Waals surface area contributed by atoms with Crippen LogP contribution in [0.5, 0.6) is 0 Å². The van der Waals surface area contributed by atoms with Crippen LogP contribution < -0.4 is 5.32 Å². The molecule has 130 valence electrons. The van der Waals surface area contributed by atoms with Crippen LogP contribution in [0, 0.1) is 6.92 Å². The number of aryl methyl sites for hydroxylation is 3. The number of pyridine rings is 1. The van der Waals surface area contributed by atoms with Crippen molar-refractivity contribution >= 4 is 22.6 Å². The van der Waals surface area contributed by atoms with Crippen LogP contribution in [0.25, 0.3) is 10.9 Å². The molecule has 0 atom stereocenters. The van der Waals surface area contributed by atoms with Crippen molar-refractivity contribution in [2.75, 3.05) is 18.9 Å². The van der Waals surface area contributed by atoms with E-state index in [2.05, 4.69) is 15.3 Å². The highest BCUT2D eigenvalue weighted by atomic mass is 16.2. The molecule has 25 heavy (non-hydrogen) atoms. The number of imidazole rings is 1. The Hall–Kier alpha value is -2.89. The molecule has 0 aliphatic rings. The van der Waals surface area contributed by atoms with Crippen molar-refractivity contribution in [3.63, 3.8) is 0 Å². The minimum absolute atomic E-state index is 0.129.